The average Bonchev–Trinajstić information content (AvgIpc) is 2.74. The van der Waals surface area contributed by atoms with Crippen molar-refractivity contribution >= 4 is 34.9 Å². The van der Waals surface area contributed by atoms with Crippen LogP contribution < -0.4 is 20.3 Å². The second-order valence-electron chi connectivity index (χ2n) is 6.49. The SMILES string of the molecule is COc1ccc(/C=C/C(=O)Nc2ccc(Nc3cc(N(C)C)cnn3)cc2)cc1. The topological polar surface area (TPSA) is 79.4 Å². The maximum Gasteiger partial charge on any atom is 0.248 e. The largest absolute Gasteiger partial charge is 0.497 e. The fourth-order valence-electron chi connectivity index (χ4n) is 2.52. The van der Waals surface area contributed by atoms with E-state index in [1.54, 1.807) is 19.4 Å². The van der Waals surface area contributed by atoms with E-state index in [-0.39, 0.29) is 5.91 Å². The molecule has 3 rings (SSSR count). The first kappa shape index (κ1) is 19.9. The summed E-state index contributed by atoms with van der Waals surface area (Å²) >= 11 is 0. The summed E-state index contributed by atoms with van der Waals surface area (Å²) < 4.78 is 5.12. The summed E-state index contributed by atoms with van der Waals surface area (Å²) in [5, 5.41) is 14.1. The Hall–Kier alpha value is -3.87. The summed E-state index contributed by atoms with van der Waals surface area (Å²) in [4.78, 5) is 14.1. The molecule has 1 aromatic heterocycles. The molecule has 0 saturated heterocycles. The third-order valence-corrected chi connectivity index (χ3v) is 4.12. The van der Waals surface area contributed by atoms with Gasteiger partial charge in [-0.3, -0.25) is 4.79 Å². The van der Waals surface area contributed by atoms with Gasteiger partial charge in [0.05, 0.1) is 19.0 Å². The molecule has 2 aromatic carbocycles. The summed E-state index contributed by atoms with van der Waals surface area (Å²) in [6.45, 7) is 0. The second kappa shape index (κ2) is 9.36. The lowest BCUT2D eigenvalue weighted by atomic mass is 10.2. The Morgan fingerprint density at radius 2 is 1.72 bits per heavy atom. The number of hydrogen-bond acceptors (Lipinski definition) is 6. The summed E-state index contributed by atoms with van der Waals surface area (Å²) in [5.74, 6) is 1.22. The zero-order valence-electron chi connectivity index (χ0n) is 16.6. The molecule has 3 aromatic rings. The first-order chi connectivity index (χ1) is 14.0. The van der Waals surface area contributed by atoms with Gasteiger partial charge in [-0.15, -0.1) is 5.10 Å². The van der Waals surface area contributed by atoms with Gasteiger partial charge in [0.1, 0.15) is 5.75 Å². The van der Waals surface area contributed by atoms with E-state index in [9.17, 15) is 4.79 Å². The zero-order chi connectivity index (χ0) is 20.6. The molecule has 0 fully saturated rings. The number of hydrogen-bond donors (Lipinski definition) is 2. The van der Waals surface area contributed by atoms with Crippen molar-refractivity contribution in [1.82, 2.24) is 10.2 Å². The summed E-state index contributed by atoms with van der Waals surface area (Å²) in [6.07, 6.45) is 4.95. The van der Waals surface area contributed by atoms with Crippen LogP contribution in [0.2, 0.25) is 0 Å². The van der Waals surface area contributed by atoms with Crippen molar-refractivity contribution in [2.75, 3.05) is 36.7 Å². The van der Waals surface area contributed by atoms with E-state index in [0.717, 1.165) is 22.7 Å². The maximum atomic E-state index is 12.1. The molecular formula is C22H23N5O2. The molecule has 0 radical (unpaired) electrons. The number of amides is 1. The predicted molar refractivity (Wildman–Crippen MR) is 117 cm³/mol. The van der Waals surface area contributed by atoms with Gasteiger partial charge in [-0.2, -0.15) is 5.10 Å². The van der Waals surface area contributed by atoms with Crippen LogP contribution in [0.4, 0.5) is 22.9 Å². The van der Waals surface area contributed by atoms with Gasteiger partial charge in [0, 0.05) is 37.6 Å². The van der Waals surface area contributed by atoms with Crippen LogP contribution in [0.5, 0.6) is 5.75 Å². The van der Waals surface area contributed by atoms with Crippen LogP contribution in [0.1, 0.15) is 5.56 Å². The van der Waals surface area contributed by atoms with Crippen molar-refractivity contribution in [1.29, 1.82) is 0 Å². The van der Waals surface area contributed by atoms with Gasteiger partial charge < -0.3 is 20.3 Å². The van der Waals surface area contributed by atoms with Gasteiger partial charge in [0.15, 0.2) is 5.82 Å². The van der Waals surface area contributed by atoms with Crippen LogP contribution in [-0.4, -0.2) is 37.3 Å². The van der Waals surface area contributed by atoms with E-state index in [0.29, 0.717) is 11.5 Å². The molecule has 148 valence electrons. The first-order valence-electron chi connectivity index (χ1n) is 9.04. The normalized spacial score (nSPS) is 10.6. The van der Waals surface area contributed by atoms with Crippen LogP contribution in [-0.2, 0) is 4.79 Å². The van der Waals surface area contributed by atoms with Gasteiger partial charge in [-0.1, -0.05) is 12.1 Å². The molecule has 1 amide bonds. The molecule has 0 aliphatic carbocycles. The van der Waals surface area contributed by atoms with Crippen molar-refractivity contribution in [2.45, 2.75) is 0 Å². The van der Waals surface area contributed by atoms with Crippen LogP contribution >= 0.6 is 0 Å². The van der Waals surface area contributed by atoms with Crippen LogP contribution in [0.3, 0.4) is 0 Å². The minimum Gasteiger partial charge on any atom is -0.497 e. The van der Waals surface area contributed by atoms with E-state index in [1.165, 1.54) is 6.08 Å². The van der Waals surface area contributed by atoms with Crippen molar-refractivity contribution in [2.24, 2.45) is 0 Å². The van der Waals surface area contributed by atoms with E-state index < -0.39 is 0 Å². The summed E-state index contributed by atoms with van der Waals surface area (Å²) in [6, 6.07) is 16.8. The fourth-order valence-corrected chi connectivity index (χ4v) is 2.52. The molecule has 7 nitrogen and oxygen atoms in total. The van der Waals surface area contributed by atoms with Crippen molar-refractivity contribution in [3.8, 4) is 5.75 Å². The van der Waals surface area contributed by atoms with Gasteiger partial charge in [-0.05, 0) is 48.0 Å². The second-order valence-corrected chi connectivity index (χ2v) is 6.49. The average molecular weight is 389 g/mol. The molecule has 0 atom stereocenters. The monoisotopic (exact) mass is 389 g/mol. The number of aromatic nitrogens is 2. The number of methoxy groups -OCH3 is 1. The Bertz CT molecular complexity index is 983. The Labute approximate surface area is 170 Å². The zero-order valence-corrected chi connectivity index (χ0v) is 16.6. The number of carbonyl (C=O) groups excluding carboxylic acids is 1. The minimum atomic E-state index is -0.203. The van der Waals surface area contributed by atoms with Crippen molar-refractivity contribution in [3.63, 3.8) is 0 Å². The quantitative estimate of drug-likeness (QED) is 0.596. The molecule has 0 bridgehead atoms. The third-order valence-electron chi connectivity index (χ3n) is 4.12. The molecule has 0 aliphatic rings. The van der Waals surface area contributed by atoms with Crippen LogP contribution in [0, 0.1) is 0 Å². The molecule has 7 heteroatoms. The van der Waals surface area contributed by atoms with Crippen LogP contribution in [0.15, 0.2) is 66.9 Å². The number of rotatable bonds is 7. The molecule has 2 N–H and O–H groups in total. The lowest BCUT2D eigenvalue weighted by Crippen LogP contribution is -2.10. The maximum absolute atomic E-state index is 12.1. The number of anilines is 4. The van der Waals surface area contributed by atoms with E-state index in [2.05, 4.69) is 20.8 Å². The smallest absolute Gasteiger partial charge is 0.248 e. The highest BCUT2D eigenvalue weighted by Crippen LogP contribution is 2.20. The molecule has 0 unspecified atom stereocenters. The number of carbonyl (C=O) groups is 1. The number of benzene rings is 2. The van der Waals surface area contributed by atoms with Gasteiger partial charge >= 0.3 is 0 Å². The molecule has 29 heavy (non-hydrogen) atoms. The summed E-state index contributed by atoms with van der Waals surface area (Å²) in [5.41, 5.74) is 3.42. The lowest BCUT2D eigenvalue weighted by molar-refractivity contribution is -0.111. The first-order valence-corrected chi connectivity index (χ1v) is 9.04. The Morgan fingerprint density at radius 1 is 1.03 bits per heavy atom. The molecule has 0 aliphatic heterocycles. The molecule has 0 spiro atoms. The number of ether oxygens (including phenoxy) is 1. The third kappa shape index (κ3) is 5.80. The Morgan fingerprint density at radius 3 is 2.38 bits per heavy atom. The van der Waals surface area contributed by atoms with Gasteiger partial charge in [0.2, 0.25) is 5.91 Å². The van der Waals surface area contributed by atoms with Crippen molar-refractivity contribution < 1.29 is 9.53 Å². The molecule has 0 saturated carbocycles. The van der Waals surface area contributed by atoms with Gasteiger partial charge in [0.25, 0.3) is 0 Å². The Kier molecular flexibility index (Phi) is 6.42. The Balaban J connectivity index is 1.57. The highest BCUT2D eigenvalue weighted by molar-refractivity contribution is 6.02. The highest BCUT2D eigenvalue weighted by Gasteiger charge is 2.03. The van der Waals surface area contributed by atoms with E-state index >= 15 is 0 Å². The van der Waals surface area contributed by atoms with E-state index in [4.69, 9.17) is 4.74 Å². The van der Waals surface area contributed by atoms with E-state index in [1.807, 2.05) is 73.6 Å². The standard InChI is InChI=1S/C22H23N5O2/c1-27(2)19-14-21(26-23-15-19)24-17-7-9-18(10-8-17)25-22(28)13-6-16-4-11-20(29-3)12-5-16/h4-15H,1-3H3,(H,24,26)(H,25,28)/b13-6+. The van der Waals surface area contributed by atoms with Gasteiger partial charge in [-0.25, -0.2) is 0 Å². The minimum absolute atomic E-state index is 0.203. The lowest BCUT2D eigenvalue weighted by Gasteiger charge is -2.13. The summed E-state index contributed by atoms with van der Waals surface area (Å²) in [7, 11) is 5.51. The number of nitrogens with zero attached hydrogens (tertiary/aromatic N) is 3. The molecule has 1 heterocycles. The van der Waals surface area contributed by atoms with Crippen LogP contribution in [0.25, 0.3) is 6.08 Å². The predicted octanol–water partition coefficient (Wildman–Crippen LogP) is 3.95. The van der Waals surface area contributed by atoms with Crippen molar-refractivity contribution in [3.05, 3.63) is 72.4 Å². The highest BCUT2D eigenvalue weighted by atomic mass is 16.5. The molecular weight excluding hydrogens is 366 g/mol. The number of nitrogens with one attached hydrogen (secondary N) is 2. The fraction of sp³-hybridized carbons (Fsp3) is 0.136.